The zero-order valence-electron chi connectivity index (χ0n) is 8.53. The molecule has 0 aliphatic carbocycles. The molecule has 78 valence electrons. The molecular weight excluding hydrogens is 180 g/mol. The second-order valence-electron chi connectivity index (χ2n) is 3.74. The first kappa shape index (κ1) is 10.6. The van der Waals surface area contributed by atoms with Gasteiger partial charge in [-0.25, -0.2) is 0 Å². The molecule has 4 N–H and O–H groups in total. The molecule has 5 heteroatoms. The van der Waals surface area contributed by atoms with Crippen molar-refractivity contribution in [3.63, 3.8) is 0 Å². The molecule has 0 spiro atoms. The lowest BCUT2D eigenvalue weighted by molar-refractivity contribution is 0.0995. The van der Waals surface area contributed by atoms with Gasteiger partial charge in [-0.15, -0.1) is 0 Å². The van der Waals surface area contributed by atoms with Crippen molar-refractivity contribution in [3.8, 4) is 0 Å². The third-order valence-corrected chi connectivity index (χ3v) is 1.96. The van der Waals surface area contributed by atoms with Crippen molar-refractivity contribution in [1.82, 2.24) is 9.78 Å². The van der Waals surface area contributed by atoms with Gasteiger partial charge in [-0.2, -0.15) is 5.10 Å². The van der Waals surface area contributed by atoms with Crippen LogP contribution in [0.25, 0.3) is 0 Å². The lowest BCUT2D eigenvalue weighted by atomic mass is 10.1. The SMILES string of the molecule is CC(C)CCn1cc(N)c(C(N)=O)n1. The number of anilines is 1. The van der Waals surface area contributed by atoms with E-state index in [1.807, 2.05) is 0 Å². The number of hydrogen-bond donors (Lipinski definition) is 2. The smallest absolute Gasteiger partial charge is 0.271 e. The molecule has 1 amide bonds. The third-order valence-electron chi connectivity index (χ3n) is 1.96. The lowest BCUT2D eigenvalue weighted by Crippen LogP contribution is -2.14. The van der Waals surface area contributed by atoms with E-state index in [0.717, 1.165) is 13.0 Å². The quantitative estimate of drug-likeness (QED) is 0.739. The van der Waals surface area contributed by atoms with Crippen molar-refractivity contribution >= 4 is 11.6 Å². The minimum atomic E-state index is -0.578. The van der Waals surface area contributed by atoms with E-state index < -0.39 is 5.91 Å². The standard InChI is InChI=1S/C9H16N4O/c1-6(2)3-4-13-5-7(10)8(12-13)9(11)14/h5-6H,3-4,10H2,1-2H3,(H2,11,14). The summed E-state index contributed by atoms with van der Waals surface area (Å²) in [5.74, 6) is 0.0169. The van der Waals surface area contributed by atoms with Gasteiger partial charge < -0.3 is 11.5 Å². The fourth-order valence-electron chi connectivity index (χ4n) is 1.13. The van der Waals surface area contributed by atoms with Crippen LogP contribution >= 0.6 is 0 Å². The Kier molecular flexibility index (Phi) is 3.11. The highest BCUT2D eigenvalue weighted by Gasteiger charge is 2.10. The van der Waals surface area contributed by atoms with Gasteiger partial charge in [-0.1, -0.05) is 13.8 Å². The number of nitrogen functional groups attached to an aromatic ring is 1. The zero-order valence-corrected chi connectivity index (χ0v) is 8.53. The molecule has 0 unspecified atom stereocenters. The summed E-state index contributed by atoms with van der Waals surface area (Å²) in [6, 6.07) is 0. The van der Waals surface area contributed by atoms with Crippen molar-refractivity contribution in [2.45, 2.75) is 26.8 Å². The predicted octanol–water partition coefficient (Wildman–Crippen LogP) is 0.610. The van der Waals surface area contributed by atoms with E-state index in [4.69, 9.17) is 11.5 Å². The van der Waals surface area contributed by atoms with E-state index in [1.54, 1.807) is 10.9 Å². The Morgan fingerprint density at radius 1 is 1.64 bits per heavy atom. The topological polar surface area (TPSA) is 86.9 Å². The van der Waals surface area contributed by atoms with Gasteiger partial charge in [0, 0.05) is 12.7 Å². The maximum Gasteiger partial charge on any atom is 0.271 e. The molecule has 0 aliphatic rings. The molecule has 5 nitrogen and oxygen atoms in total. The van der Waals surface area contributed by atoms with Crippen LogP contribution in [0.2, 0.25) is 0 Å². The number of nitrogens with two attached hydrogens (primary N) is 2. The molecule has 0 radical (unpaired) electrons. The van der Waals surface area contributed by atoms with Gasteiger partial charge >= 0.3 is 0 Å². The summed E-state index contributed by atoms with van der Waals surface area (Å²) in [7, 11) is 0. The molecular formula is C9H16N4O. The van der Waals surface area contributed by atoms with Crippen LogP contribution in [0.5, 0.6) is 0 Å². The molecule has 0 aliphatic heterocycles. The summed E-state index contributed by atoms with van der Waals surface area (Å²) in [5.41, 5.74) is 11.2. The molecule has 0 atom stereocenters. The number of nitrogens with zero attached hydrogens (tertiary/aromatic N) is 2. The lowest BCUT2D eigenvalue weighted by Gasteiger charge is -2.03. The monoisotopic (exact) mass is 196 g/mol. The van der Waals surface area contributed by atoms with E-state index in [1.165, 1.54) is 0 Å². The largest absolute Gasteiger partial charge is 0.396 e. The van der Waals surface area contributed by atoms with Gasteiger partial charge in [0.25, 0.3) is 5.91 Å². The van der Waals surface area contributed by atoms with Crippen molar-refractivity contribution in [2.75, 3.05) is 5.73 Å². The summed E-state index contributed by atoms with van der Waals surface area (Å²) in [4.78, 5) is 10.8. The first-order chi connectivity index (χ1) is 6.50. The molecule has 0 fully saturated rings. The number of primary amides is 1. The van der Waals surface area contributed by atoms with Gasteiger partial charge in [0.15, 0.2) is 5.69 Å². The van der Waals surface area contributed by atoms with Crippen molar-refractivity contribution in [1.29, 1.82) is 0 Å². The number of aryl methyl sites for hydroxylation is 1. The molecule has 14 heavy (non-hydrogen) atoms. The molecule has 1 aromatic rings. The van der Waals surface area contributed by atoms with Crippen LogP contribution in [-0.2, 0) is 6.54 Å². The number of hydrogen-bond acceptors (Lipinski definition) is 3. The molecule has 0 saturated carbocycles. The average Bonchev–Trinajstić information content (AvgIpc) is 2.43. The van der Waals surface area contributed by atoms with E-state index in [-0.39, 0.29) is 5.69 Å². The predicted molar refractivity (Wildman–Crippen MR) is 54.6 cm³/mol. The van der Waals surface area contributed by atoms with Gasteiger partial charge in [-0.3, -0.25) is 9.48 Å². The van der Waals surface area contributed by atoms with Crippen molar-refractivity contribution < 1.29 is 4.79 Å². The molecule has 1 rings (SSSR count). The molecule has 0 bridgehead atoms. The second kappa shape index (κ2) is 4.13. The average molecular weight is 196 g/mol. The Morgan fingerprint density at radius 2 is 2.29 bits per heavy atom. The molecule has 0 saturated heterocycles. The number of carbonyl (C=O) groups excluding carboxylic acids is 1. The van der Waals surface area contributed by atoms with Crippen LogP contribution < -0.4 is 11.5 Å². The molecule has 1 aromatic heterocycles. The highest BCUT2D eigenvalue weighted by molar-refractivity contribution is 5.95. The number of aromatic nitrogens is 2. The zero-order chi connectivity index (χ0) is 10.7. The Labute approximate surface area is 83.1 Å². The number of amides is 1. The van der Waals surface area contributed by atoms with Crippen LogP contribution in [0.1, 0.15) is 30.8 Å². The Morgan fingerprint density at radius 3 is 2.71 bits per heavy atom. The maximum absolute atomic E-state index is 10.8. The number of carbonyl (C=O) groups is 1. The van der Waals surface area contributed by atoms with Crippen LogP contribution in [-0.4, -0.2) is 15.7 Å². The summed E-state index contributed by atoms with van der Waals surface area (Å²) in [5, 5.41) is 4.00. The minimum Gasteiger partial charge on any atom is -0.396 e. The Hall–Kier alpha value is -1.52. The van der Waals surface area contributed by atoms with Crippen LogP contribution in [0.4, 0.5) is 5.69 Å². The van der Waals surface area contributed by atoms with Crippen LogP contribution in [0, 0.1) is 5.92 Å². The van der Waals surface area contributed by atoms with Gasteiger partial charge in [-0.05, 0) is 12.3 Å². The van der Waals surface area contributed by atoms with Gasteiger partial charge in [0.1, 0.15) is 0 Å². The van der Waals surface area contributed by atoms with E-state index in [0.29, 0.717) is 11.6 Å². The fraction of sp³-hybridized carbons (Fsp3) is 0.556. The third kappa shape index (κ3) is 2.48. The first-order valence-electron chi connectivity index (χ1n) is 4.63. The van der Waals surface area contributed by atoms with Crippen LogP contribution in [0.15, 0.2) is 6.20 Å². The molecule has 1 heterocycles. The summed E-state index contributed by atoms with van der Waals surface area (Å²) in [6.45, 7) is 5.01. The van der Waals surface area contributed by atoms with Crippen molar-refractivity contribution in [3.05, 3.63) is 11.9 Å². The highest BCUT2D eigenvalue weighted by atomic mass is 16.1. The highest BCUT2D eigenvalue weighted by Crippen LogP contribution is 2.09. The van der Waals surface area contributed by atoms with Gasteiger partial charge in [0.2, 0.25) is 0 Å². The number of rotatable bonds is 4. The summed E-state index contributed by atoms with van der Waals surface area (Å²) in [6.07, 6.45) is 2.64. The summed E-state index contributed by atoms with van der Waals surface area (Å²) < 4.78 is 1.66. The maximum atomic E-state index is 10.8. The van der Waals surface area contributed by atoms with Gasteiger partial charge in [0.05, 0.1) is 5.69 Å². The van der Waals surface area contributed by atoms with E-state index in [2.05, 4.69) is 18.9 Å². The Balaban J connectivity index is 2.71. The van der Waals surface area contributed by atoms with E-state index in [9.17, 15) is 4.79 Å². The fourth-order valence-corrected chi connectivity index (χ4v) is 1.13. The molecule has 0 aromatic carbocycles. The normalized spacial score (nSPS) is 10.8. The van der Waals surface area contributed by atoms with Crippen molar-refractivity contribution in [2.24, 2.45) is 11.7 Å². The Bertz CT molecular complexity index is 330. The first-order valence-corrected chi connectivity index (χ1v) is 4.63. The minimum absolute atomic E-state index is 0.161. The summed E-state index contributed by atoms with van der Waals surface area (Å²) >= 11 is 0. The van der Waals surface area contributed by atoms with Crippen LogP contribution in [0.3, 0.4) is 0 Å². The van der Waals surface area contributed by atoms with E-state index >= 15 is 0 Å². The second-order valence-corrected chi connectivity index (χ2v) is 3.74.